The van der Waals surface area contributed by atoms with Crippen molar-refractivity contribution >= 4 is 10.0 Å². The van der Waals surface area contributed by atoms with E-state index in [9.17, 15) is 8.42 Å². The number of ether oxygens (including phenoxy) is 2. The van der Waals surface area contributed by atoms with Crippen LogP contribution in [0.4, 0.5) is 0 Å². The lowest BCUT2D eigenvalue weighted by Crippen LogP contribution is -2.43. The second-order valence-corrected chi connectivity index (χ2v) is 7.92. The Hall–Kier alpha value is -1.15. The van der Waals surface area contributed by atoms with Crippen molar-refractivity contribution in [2.75, 3.05) is 26.4 Å². The van der Waals surface area contributed by atoms with E-state index in [-0.39, 0.29) is 24.7 Å². The van der Waals surface area contributed by atoms with Crippen molar-refractivity contribution in [3.63, 3.8) is 0 Å². The first-order valence-electron chi connectivity index (χ1n) is 8.05. The van der Waals surface area contributed by atoms with Crippen molar-refractivity contribution in [3.05, 3.63) is 23.8 Å². The Kier molecular flexibility index (Phi) is 4.91. The van der Waals surface area contributed by atoms with Crippen LogP contribution in [0.15, 0.2) is 23.1 Å². The Morgan fingerprint density at radius 2 is 2.09 bits per heavy atom. The minimum Gasteiger partial charge on any atom is -0.493 e. The van der Waals surface area contributed by atoms with Crippen LogP contribution in [0.2, 0.25) is 0 Å². The first-order chi connectivity index (χ1) is 11.0. The average molecular weight is 341 g/mol. The lowest BCUT2D eigenvalue weighted by atomic mass is 10.0. The summed E-state index contributed by atoms with van der Waals surface area (Å²) in [6, 6.07) is 4.97. The Labute approximate surface area is 136 Å². The molecule has 7 heteroatoms. The number of fused-ring (bicyclic) bond motifs is 1. The van der Waals surface area contributed by atoms with E-state index in [4.69, 9.17) is 14.6 Å². The smallest absolute Gasteiger partial charge is 0.240 e. The van der Waals surface area contributed by atoms with Crippen molar-refractivity contribution in [2.45, 2.75) is 42.6 Å². The minimum atomic E-state index is -3.58. The van der Waals surface area contributed by atoms with Gasteiger partial charge in [-0.2, -0.15) is 0 Å². The van der Waals surface area contributed by atoms with E-state index in [2.05, 4.69) is 4.72 Å². The van der Waals surface area contributed by atoms with Gasteiger partial charge in [0.2, 0.25) is 10.0 Å². The molecule has 1 aliphatic heterocycles. The summed E-state index contributed by atoms with van der Waals surface area (Å²) in [6.45, 7) is 1.02. The summed E-state index contributed by atoms with van der Waals surface area (Å²) in [5.41, 5.74) is 0.440. The van der Waals surface area contributed by atoms with Crippen LogP contribution in [0.3, 0.4) is 0 Å². The number of sulfonamides is 1. The van der Waals surface area contributed by atoms with Gasteiger partial charge in [-0.25, -0.2) is 13.1 Å². The minimum absolute atomic E-state index is 0.0562. The van der Waals surface area contributed by atoms with Crippen molar-refractivity contribution in [2.24, 2.45) is 0 Å². The standard InChI is InChI=1S/C16H23NO5S/c18-8-10-22-16(6-1-2-7-16)12-17-23(19,20)14-3-4-15-13(11-14)5-9-21-15/h3-4,11,17-18H,1-2,5-10,12H2. The van der Waals surface area contributed by atoms with E-state index >= 15 is 0 Å². The molecule has 3 rings (SSSR count). The van der Waals surface area contributed by atoms with Gasteiger partial charge in [-0.05, 0) is 36.6 Å². The summed E-state index contributed by atoms with van der Waals surface area (Å²) in [4.78, 5) is 0.261. The van der Waals surface area contributed by atoms with E-state index in [0.29, 0.717) is 6.61 Å². The highest BCUT2D eigenvalue weighted by Gasteiger charge is 2.36. The summed E-state index contributed by atoms with van der Waals surface area (Å²) in [5, 5.41) is 8.96. The van der Waals surface area contributed by atoms with Crippen molar-refractivity contribution < 1.29 is 23.0 Å². The van der Waals surface area contributed by atoms with Gasteiger partial charge >= 0.3 is 0 Å². The molecular formula is C16H23NO5S. The van der Waals surface area contributed by atoms with Crippen LogP contribution in [0.5, 0.6) is 5.75 Å². The van der Waals surface area contributed by atoms with Gasteiger partial charge in [0.15, 0.2) is 0 Å². The molecule has 1 aliphatic carbocycles. The lowest BCUT2D eigenvalue weighted by molar-refractivity contribution is -0.0492. The van der Waals surface area contributed by atoms with Crippen LogP contribution in [0.25, 0.3) is 0 Å². The van der Waals surface area contributed by atoms with Gasteiger partial charge in [-0.1, -0.05) is 12.8 Å². The second-order valence-electron chi connectivity index (χ2n) is 6.15. The number of benzene rings is 1. The highest BCUT2D eigenvalue weighted by Crippen LogP contribution is 2.33. The van der Waals surface area contributed by atoms with Crippen LogP contribution >= 0.6 is 0 Å². The first-order valence-corrected chi connectivity index (χ1v) is 9.53. The van der Waals surface area contributed by atoms with Gasteiger partial charge in [0.1, 0.15) is 5.75 Å². The third-order valence-corrected chi connectivity index (χ3v) is 5.97. The number of nitrogens with one attached hydrogen (secondary N) is 1. The normalized spacial score (nSPS) is 19.5. The molecule has 0 saturated heterocycles. The maximum Gasteiger partial charge on any atom is 0.240 e. The topological polar surface area (TPSA) is 84.9 Å². The molecule has 1 heterocycles. The predicted octanol–water partition coefficient (Wildman–Crippen LogP) is 1.22. The molecule has 23 heavy (non-hydrogen) atoms. The van der Waals surface area contributed by atoms with Crippen molar-refractivity contribution in [3.8, 4) is 5.75 Å². The van der Waals surface area contributed by atoms with Crippen LogP contribution in [0, 0.1) is 0 Å². The maximum atomic E-state index is 12.5. The summed E-state index contributed by atoms with van der Waals surface area (Å²) < 4.78 is 38.9. The fourth-order valence-electron chi connectivity index (χ4n) is 3.29. The van der Waals surface area contributed by atoms with E-state index in [1.807, 2.05) is 0 Å². The zero-order chi connectivity index (χ0) is 16.3. The zero-order valence-electron chi connectivity index (χ0n) is 13.1. The number of aliphatic hydroxyl groups excluding tert-OH is 1. The van der Waals surface area contributed by atoms with Crippen LogP contribution in [0.1, 0.15) is 31.2 Å². The molecule has 128 valence electrons. The molecule has 1 aromatic carbocycles. The number of hydrogen-bond donors (Lipinski definition) is 2. The Morgan fingerprint density at radius 3 is 2.83 bits per heavy atom. The largest absolute Gasteiger partial charge is 0.493 e. The third-order valence-electron chi connectivity index (χ3n) is 4.57. The van der Waals surface area contributed by atoms with Gasteiger partial charge in [0.05, 0.1) is 30.3 Å². The molecule has 0 radical (unpaired) electrons. The molecule has 0 atom stereocenters. The first kappa shape index (κ1) is 16.7. The highest BCUT2D eigenvalue weighted by atomic mass is 32.2. The third kappa shape index (κ3) is 3.68. The zero-order valence-corrected chi connectivity index (χ0v) is 13.9. The fourth-order valence-corrected chi connectivity index (χ4v) is 4.46. The maximum absolute atomic E-state index is 12.5. The fraction of sp³-hybridized carbons (Fsp3) is 0.625. The molecule has 1 saturated carbocycles. The SMILES string of the molecule is O=S(=O)(NCC1(OCCO)CCCC1)c1ccc2c(c1)CCO2. The Morgan fingerprint density at radius 1 is 1.30 bits per heavy atom. The van der Waals surface area contributed by atoms with Crippen molar-refractivity contribution in [1.29, 1.82) is 0 Å². The molecule has 0 spiro atoms. The Bertz CT molecular complexity index is 652. The highest BCUT2D eigenvalue weighted by molar-refractivity contribution is 7.89. The number of aliphatic hydroxyl groups is 1. The summed E-state index contributed by atoms with van der Waals surface area (Å²) >= 11 is 0. The van der Waals surface area contributed by atoms with E-state index in [1.165, 1.54) is 0 Å². The molecular weight excluding hydrogens is 318 g/mol. The van der Waals surface area contributed by atoms with Crippen molar-refractivity contribution in [1.82, 2.24) is 4.72 Å². The Balaban J connectivity index is 1.70. The molecule has 1 fully saturated rings. The summed E-state index contributed by atoms with van der Waals surface area (Å²) in [7, 11) is -3.58. The van der Waals surface area contributed by atoms with Crippen LogP contribution in [-0.4, -0.2) is 45.5 Å². The molecule has 0 unspecified atom stereocenters. The van der Waals surface area contributed by atoms with Gasteiger partial charge in [-0.3, -0.25) is 0 Å². The van der Waals surface area contributed by atoms with E-state index in [1.54, 1.807) is 18.2 Å². The van der Waals surface area contributed by atoms with Crippen LogP contribution in [-0.2, 0) is 21.2 Å². The lowest BCUT2D eigenvalue weighted by Gasteiger charge is -2.29. The number of rotatable bonds is 7. The van der Waals surface area contributed by atoms with Gasteiger partial charge < -0.3 is 14.6 Å². The molecule has 6 nitrogen and oxygen atoms in total. The predicted molar refractivity (Wildman–Crippen MR) is 85.1 cm³/mol. The van der Waals surface area contributed by atoms with Gasteiger partial charge in [0, 0.05) is 13.0 Å². The second kappa shape index (κ2) is 6.76. The molecule has 0 bridgehead atoms. The molecule has 1 aromatic rings. The van der Waals surface area contributed by atoms with Gasteiger partial charge in [0.25, 0.3) is 0 Å². The molecule has 2 aliphatic rings. The average Bonchev–Trinajstić information content (AvgIpc) is 3.20. The summed E-state index contributed by atoms with van der Waals surface area (Å²) in [6.07, 6.45) is 4.40. The van der Waals surface area contributed by atoms with Crippen LogP contribution < -0.4 is 9.46 Å². The summed E-state index contributed by atoms with van der Waals surface area (Å²) in [5.74, 6) is 0.766. The molecule has 0 aromatic heterocycles. The van der Waals surface area contributed by atoms with E-state index in [0.717, 1.165) is 43.4 Å². The van der Waals surface area contributed by atoms with E-state index < -0.39 is 15.6 Å². The van der Waals surface area contributed by atoms with Gasteiger partial charge in [-0.15, -0.1) is 0 Å². The molecule has 2 N–H and O–H groups in total. The quantitative estimate of drug-likeness (QED) is 0.779. The number of hydrogen-bond acceptors (Lipinski definition) is 5. The monoisotopic (exact) mass is 341 g/mol. The molecule has 0 amide bonds.